The van der Waals surface area contributed by atoms with Crippen LogP contribution in [0.1, 0.15) is 63.3 Å². The van der Waals surface area contributed by atoms with Crippen LogP contribution in [0.25, 0.3) is 0 Å². The molecule has 1 aromatic rings. The first-order valence-electron chi connectivity index (χ1n) is 8.10. The number of rotatable bonds is 8. The summed E-state index contributed by atoms with van der Waals surface area (Å²) in [4.78, 5) is 2.46. The van der Waals surface area contributed by atoms with Crippen molar-refractivity contribution in [3.05, 3.63) is 16.8 Å². The Bertz CT molecular complexity index is 440. The lowest BCUT2D eigenvalue weighted by Crippen LogP contribution is -2.30. The fourth-order valence-corrected chi connectivity index (χ4v) is 2.86. The molecule has 1 aliphatic rings. The van der Waals surface area contributed by atoms with Crippen LogP contribution in [0.3, 0.4) is 0 Å². The van der Waals surface area contributed by atoms with E-state index in [9.17, 15) is 0 Å². The van der Waals surface area contributed by atoms with Gasteiger partial charge in [-0.05, 0) is 37.7 Å². The SMILES string of the molecule is CCCCN(c1nnc(CC)c(CC)c1CN)C1CC1. The standard InChI is InChI=1S/C16H28N4/c1-4-7-10-20(12-8-9-12)16-14(11-17)13(5-2)15(6-3)18-19-16/h12H,4-11,17H2,1-3H3. The highest BCUT2D eigenvalue weighted by molar-refractivity contribution is 5.53. The molecule has 112 valence electrons. The summed E-state index contributed by atoms with van der Waals surface area (Å²) in [6.07, 6.45) is 6.91. The van der Waals surface area contributed by atoms with Crippen molar-refractivity contribution in [2.75, 3.05) is 11.4 Å². The van der Waals surface area contributed by atoms with Gasteiger partial charge < -0.3 is 10.6 Å². The predicted molar refractivity (Wildman–Crippen MR) is 84.0 cm³/mol. The van der Waals surface area contributed by atoms with Crippen LogP contribution in [-0.4, -0.2) is 22.8 Å². The minimum atomic E-state index is 0.566. The van der Waals surface area contributed by atoms with Crippen LogP contribution in [0.4, 0.5) is 5.82 Å². The maximum absolute atomic E-state index is 6.04. The molecular weight excluding hydrogens is 248 g/mol. The lowest BCUT2D eigenvalue weighted by molar-refractivity contribution is 0.686. The van der Waals surface area contributed by atoms with Crippen LogP contribution in [0.5, 0.6) is 0 Å². The third kappa shape index (κ3) is 3.11. The molecule has 4 heteroatoms. The number of hydrogen-bond donors (Lipinski definition) is 1. The minimum Gasteiger partial charge on any atom is -0.352 e. The van der Waals surface area contributed by atoms with Gasteiger partial charge in [0.1, 0.15) is 0 Å². The Labute approximate surface area is 122 Å². The van der Waals surface area contributed by atoms with E-state index in [-0.39, 0.29) is 0 Å². The largest absolute Gasteiger partial charge is 0.352 e. The van der Waals surface area contributed by atoms with E-state index in [1.807, 2.05) is 0 Å². The highest BCUT2D eigenvalue weighted by Gasteiger charge is 2.31. The zero-order chi connectivity index (χ0) is 14.5. The second-order valence-electron chi connectivity index (χ2n) is 5.62. The maximum atomic E-state index is 6.04. The molecule has 1 heterocycles. The summed E-state index contributed by atoms with van der Waals surface area (Å²) in [6, 6.07) is 0.665. The fourth-order valence-electron chi connectivity index (χ4n) is 2.86. The highest BCUT2D eigenvalue weighted by atomic mass is 15.3. The van der Waals surface area contributed by atoms with Crippen molar-refractivity contribution in [2.45, 2.75) is 71.9 Å². The van der Waals surface area contributed by atoms with Gasteiger partial charge >= 0.3 is 0 Å². The Morgan fingerprint density at radius 2 is 1.85 bits per heavy atom. The predicted octanol–water partition coefficient (Wildman–Crippen LogP) is 2.83. The quantitative estimate of drug-likeness (QED) is 0.793. The average Bonchev–Trinajstić information content (AvgIpc) is 3.31. The van der Waals surface area contributed by atoms with E-state index in [1.165, 1.54) is 36.8 Å². The summed E-state index contributed by atoms with van der Waals surface area (Å²) < 4.78 is 0. The van der Waals surface area contributed by atoms with E-state index in [4.69, 9.17) is 5.73 Å². The molecule has 0 bridgehead atoms. The van der Waals surface area contributed by atoms with Gasteiger partial charge in [0.25, 0.3) is 0 Å². The van der Waals surface area contributed by atoms with E-state index >= 15 is 0 Å². The van der Waals surface area contributed by atoms with E-state index in [0.29, 0.717) is 12.6 Å². The first kappa shape index (κ1) is 15.2. The fraction of sp³-hybridized carbons (Fsp3) is 0.750. The lowest BCUT2D eigenvalue weighted by Gasteiger charge is -2.26. The van der Waals surface area contributed by atoms with E-state index < -0.39 is 0 Å². The van der Waals surface area contributed by atoms with Crippen molar-refractivity contribution in [3.63, 3.8) is 0 Å². The van der Waals surface area contributed by atoms with Crippen LogP contribution in [0, 0.1) is 0 Å². The van der Waals surface area contributed by atoms with Crippen LogP contribution >= 0.6 is 0 Å². The molecule has 0 saturated heterocycles. The summed E-state index contributed by atoms with van der Waals surface area (Å²) in [5.41, 5.74) is 9.70. The molecule has 2 rings (SSSR count). The summed E-state index contributed by atoms with van der Waals surface area (Å²) in [5.74, 6) is 1.05. The van der Waals surface area contributed by atoms with Crippen molar-refractivity contribution in [3.8, 4) is 0 Å². The molecule has 1 fully saturated rings. The zero-order valence-electron chi connectivity index (χ0n) is 13.2. The molecular formula is C16H28N4. The summed E-state index contributed by atoms with van der Waals surface area (Å²) in [6.45, 7) is 8.21. The maximum Gasteiger partial charge on any atom is 0.156 e. The van der Waals surface area contributed by atoms with Crippen LogP contribution in [0.2, 0.25) is 0 Å². The second kappa shape index (κ2) is 7.02. The van der Waals surface area contributed by atoms with Gasteiger partial charge in [0.2, 0.25) is 0 Å². The number of nitrogens with zero attached hydrogens (tertiary/aromatic N) is 3. The normalized spacial score (nSPS) is 14.6. The van der Waals surface area contributed by atoms with Crippen LogP contribution in [0.15, 0.2) is 0 Å². The Balaban J connectivity index is 2.37. The summed E-state index contributed by atoms with van der Waals surface area (Å²) in [5, 5.41) is 9.01. The molecule has 0 atom stereocenters. The lowest BCUT2D eigenvalue weighted by atomic mass is 10.0. The monoisotopic (exact) mass is 276 g/mol. The Morgan fingerprint density at radius 3 is 2.35 bits per heavy atom. The van der Waals surface area contributed by atoms with Crippen molar-refractivity contribution >= 4 is 5.82 Å². The number of aromatic nitrogens is 2. The molecule has 0 aromatic carbocycles. The number of hydrogen-bond acceptors (Lipinski definition) is 4. The van der Waals surface area contributed by atoms with Gasteiger partial charge in [-0.1, -0.05) is 27.2 Å². The Morgan fingerprint density at radius 1 is 1.10 bits per heavy atom. The number of nitrogens with two attached hydrogens (primary N) is 1. The van der Waals surface area contributed by atoms with Crippen molar-refractivity contribution in [2.24, 2.45) is 5.73 Å². The average molecular weight is 276 g/mol. The molecule has 1 saturated carbocycles. The van der Waals surface area contributed by atoms with Gasteiger partial charge in [0, 0.05) is 24.7 Å². The van der Waals surface area contributed by atoms with Gasteiger partial charge in [0.05, 0.1) is 5.69 Å². The Kier molecular flexibility index (Phi) is 5.35. The molecule has 0 unspecified atom stereocenters. The summed E-state index contributed by atoms with van der Waals surface area (Å²) >= 11 is 0. The van der Waals surface area contributed by atoms with Gasteiger partial charge in [-0.2, -0.15) is 5.10 Å². The van der Waals surface area contributed by atoms with Gasteiger partial charge in [-0.15, -0.1) is 5.10 Å². The van der Waals surface area contributed by atoms with Crippen LogP contribution < -0.4 is 10.6 Å². The first-order valence-corrected chi connectivity index (χ1v) is 8.10. The molecule has 4 nitrogen and oxygen atoms in total. The van der Waals surface area contributed by atoms with Gasteiger partial charge in [0.15, 0.2) is 5.82 Å². The van der Waals surface area contributed by atoms with Gasteiger partial charge in [-0.3, -0.25) is 0 Å². The second-order valence-corrected chi connectivity index (χ2v) is 5.62. The minimum absolute atomic E-state index is 0.566. The molecule has 0 aliphatic heterocycles. The van der Waals surface area contributed by atoms with E-state index in [0.717, 1.165) is 30.9 Å². The van der Waals surface area contributed by atoms with E-state index in [1.54, 1.807) is 0 Å². The molecule has 0 spiro atoms. The first-order chi connectivity index (χ1) is 9.76. The third-order valence-corrected chi connectivity index (χ3v) is 4.15. The molecule has 2 N–H and O–H groups in total. The van der Waals surface area contributed by atoms with Crippen molar-refractivity contribution < 1.29 is 0 Å². The van der Waals surface area contributed by atoms with Crippen molar-refractivity contribution in [1.82, 2.24) is 10.2 Å². The molecule has 0 amide bonds. The highest BCUT2D eigenvalue weighted by Crippen LogP contribution is 2.34. The van der Waals surface area contributed by atoms with Gasteiger partial charge in [-0.25, -0.2) is 0 Å². The zero-order valence-corrected chi connectivity index (χ0v) is 13.2. The molecule has 1 aromatic heterocycles. The molecule has 20 heavy (non-hydrogen) atoms. The number of aryl methyl sites for hydroxylation is 1. The number of unbranched alkanes of at least 4 members (excludes halogenated alkanes) is 1. The molecule has 0 radical (unpaired) electrons. The smallest absolute Gasteiger partial charge is 0.156 e. The number of anilines is 1. The van der Waals surface area contributed by atoms with E-state index in [2.05, 4.69) is 35.9 Å². The van der Waals surface area contributed by atoms with Crippen molar-refractivity contribution in [1.29, 1.82) is 0 Å². The summed E-state index contributed by atoms with van der Waals surface area (Å²) in [7, 11) is 0. The Hall–Kier alpha value is -1.16. The topological polar surface area (TPSA) is 55.0 Å². The van der Waals surface area contributed by atoms with Crippen LogP contribution in [-0.2, 0) is 19.4 Å². The molecule has 1 aliphatic carbocycles. The third-order valence-electron chi connectivity index (χ3n) is 4.15.